The summed E-state index contributed by atoms with van der Waals surface area (Å²) in [6, 6.07) is 7.90. The van der Waals surface area contributed by atoms with Crippen molar-refractivity contribution in [3.8, 4) is 0 Å². The summed E-state index contributed by atoms with van der Waals surface area (Å²) in [5, 5.41) is 8.12. The molecule has 5 heteroatoms. The average Bonchev–Trinajstić information content (AvgIpc) is 2.85. The van der Waals surface area contributed by atoms with E-state index in [4.69, 9.17) is 11.6 Å². The monoisotopic (exact) mass is 294 g/mol. The Labute approximate surface area is 121 Å². The summed E-state index contributed by atoms with van der Waals surface area (Å²) in [6.45, 7) is 1.91. The van der Waals surface area contributed by atoms with Crippen molar-refractivity contribution in [2.75, 3.05) is 13.1 Å². The van der Waals surface area contributed by atoms with Crippen LogP contribution in [0.25, 0.3) is 10.1 Å². The van der Waals surface area contributed by atoms with Gasteiger partial charge in [0.1, 0.15) is 0 Å². The number of carbonyl (C=O) groups excluding carboxylic acids is 1. The Morgan fingerprint density at radius 3 is 3.11 bits per heavy atom. The first kappa shape index (κ1) is 12.9. The van der Waals surface area contributed by atoms with Gasteiger partial charge in [-0.3, -0.25) is 4.79 Å². The van der Waals surface area contributed by atoms with Crippen molar-refractivity contribution in [1.29, 1.82) is 0 Å². The third-order valence-electron chi connectivity index (χ3n) is 3.35. The number of piperidine rings is 1. The van der Waals surface area contributed by atoms with E-state index in [0.29, 0.717) is 5.02 Å². The van der Waals surface area contributed by atoms with E-state index in [2.05, 4.69) is 10.6 Å². The van der Waals surface area contributed by atoms with Gasteiger partial charge in [0, 0.05) is 12.6 Å². The molecule has 2 heterocycles. The fourth-order valence-electron chi connectivity index (χ4n) is 2.37. The van der Waals surface area contributed by atoms with Crippen LogP contribution in [-0.2, 0) is 0 Å². The Morgan fingerprint density at radius 2 is 2.37 bits per heavy atom. The van der Waals surface area contributed by atoms with Crippen molar-refractivity contribution in [1.82, 2.24) is 10.6 Å². The quantitative estimate of drug-likeness (QED) is 0.894. The molecule has 2 aromatic rings. The first-order chi connectivity index (χ1) is 9.24. The zero-order valence-corrected chi connectivity index (χ0v) is 12.0. The van der Waals surface area contributed by atoms with Crippen LogP contribution in [0.4, 0.5) is 0 Å². The van der Waals surface area contributed by atoms with Crippen LogP contribution in [0.15, 0.2) is 24.3 Å². The van der Waals surface area contributed by atoms with Crippen LogP contribution >= 0.6 is 22.9 Å². The molecule has 1 aromatic heterocycles. The van der Waals surface area contributed by atoms with Crippen molar-refractivity contribution < 1.29 is 4.79 Å². The molecule has 2 N–H and O–H groups in total. The van der Waals surface area contributed by atoms with Gasteiger partial charge in [-0.1, -0.05) is 23.7 Å². The number of benzene rings is 1. The zero-order chi connectivity index (χ0) is 13.2. The molecule has 1 aliphatic rings. The topological polar surface area (TPSA) is 41.1 Å². The van der Waals surface area contributed by atoms with E-state index in [1.807, 2.05) is 24.3 Å². The fraction of sp³-hybridized carbons (Fsp3) is 0.357. The lowest BCUT2D eigenvalue weighted by Crippen LogP contribution is -2.45. The Hall–Kier alpha value is -1.10. The number of carbonyl (C=O) groups is 1. The predicted molar refractivity (Wildman–Crippen MR) is 80.2 cm³/mol. The van der Waals surface area contributed by atoms with E-state index in [1.165, 1.54) is 11.3 Å². The molecule has 1 aliphatic heterocycles. The lowest BCUT2D eigenvalue weighted by atomic mass is 10.1. The SMILES string of the molecule is O=C(NC1CCCNC1)c1cc2cccc(Cl)c2s1. The van der Waals surface area contributed by atoms with Gasteiger partial charge in [-0.2, -0.15) is 0 Å². The van der Waals surface area contributed by atoms with Gasteiger partial charge in [0.15, 0.2) is 0 Å². The summed E-state index contributed by atoms with van der Waals surface area (Å²) in [4.78, 5) is 13.0. The average molecular weight is 295 g/mol. The van der Waals surface area contributed by atoms with Crippen LogP contribution < -0.4 is 10.6 Å². The summed E-state index contributed by atoms with van der Waals surface area (Å²) < 4.78 is 0.982. The second-order valence-corrected chi connectivity index (χ2v) is 6.24. The van der Waals surface area contributed by atoms with Crippen LogP contribution in [0.2, 0.25) is 5.02 Å². The van der Waals surface area contributed by atoms with Gasteiger partial charge in [0.2, 0.25) is 0 Å². The van der Waals surface area contributed by atoms with Crippen LogP contribution in [-0.4, -0.2) is 25.0 Å². The summed E-state index contributed by atoms with van der Waals surface area (Å²) in [7, 11) is 0. The third-order valence-corrected chi connectivity index (χ3v) is 4.96. The maximum atomic E-state index is 12.2. The molecule has 100 valence electrons. The minimum atomic E-state index is 0.00552. The minimum Gasteiger partial charge on any atom is -0.347 e. The van der Waals surface area contributed by atoms with E-state index in [1.54, 1.807) is 0 Å². The van der Waals surface area contributed by atoms with Crippen LogP contribution in [0.5, 0.6) is 0 Å². The maximum absolute atomic E-state index is 12.2. The van der Waals surface area contributed by atoms with Gasteiger partial charge in [0.05, 0.1) is 14.6 Å². The van der Waals surface area contributed by atoms with E-state index < -0.39 is 0 Å². The van der Waals surface area contributed by atoms with E-state index in [0.717, 1.165) is 40.9 Å². The number of fused-ring (bicyclic) bond motifs is 1. The Morgan fingerprint density at radius 1 is 1.47 bits per heavy atom. The van der Waals surface area contributed by atoms with Gasteiger partial charge in [-0.25, -0.2) is 0 Å². The molecular formula is C14H15ClN2OS. The number of hydrogen-bond acceptors (Lipinski definition) is 3. The molecular weight excluding hydrogens is 280 g/mol. The summed E-state index contributed by atoms with van der Waals surface area (Å²) in [5.74, 6) is 0.00552. The van der Waals surface area contributed by atoms with Crippen molar-refractivity contribution >= 4 is 38.9 Å². The molecule has 3 nitrogen and oxygen atoms in total. The largest absolute Gasteiger partial charge is 0.347 e. The number of hydrogen-bond donors (Lipinski definition) is 2. The fourth-order valence-corrected chi connectivity index (χ4v) is 3.64. The highest BCUT2D eigenvalue weighted by Gasteiger charge is 2.18. The van der Waals surface area contributed by atoms with Crippen LogP contribution in [0.3, 0.4) is 0 Å². The number of halogens is 1. The van der Waals surface area contributed by atoms with Crippen molar-refractivity contribution in [2.24, 2.45) is 0 Å². The predicted octanol–water partition coefficient (Wildman–Crippen LogP) is 3.04. The molecule has 1 fully saturated rings. The molecule has 1 atom stereocenters. The van der Waals surface area contributed by atoms with E-state index in [9.17, 15) is 4.79 Å². The molecule has 0 spiro atoms. The highest BCUT2D eigenvalue weighted by atomic mass is 35.5. The number of thiophene rings is 1. The molecule has 1 saturated heterocycles. The Bertz CT molecular complexity index is 605. The van der Waals surface area contributed by atoms with E-state index >= 15 is 0 Å². The van der Waals surface area contributed by atoms with Gasteiger partial charge in [-0.05, 0) is 36.9 Å². The van der Waals surface area contributed by atoms with Crippen LogP contribution in [0.1, 0.15) is 22.5 Å². The van der Waals surface area contributed by atoms with Crippen molar-refractivity contribution in [3.63, 3.8) is 0 Å². The smallest absolute Gasteiger partial charge is 0.261 e. The second kappa shape index (κ2) is 5.49. The Balaban J connectivity index is 1.79. The van der Waals surface area contributed by atoms with Crippen molar-refractivity contribution in [3.05, 3.63) is 34.2 Å². The van der Waals surface area contributed by atoms with Gasteiger partial charge in [-0.15, -0.1) is 11.3 Å². The first-order valence-corrected chi connectivity index (χ1v) is 7.63. The van der Waals surface area contributed by atoms with Crippen LogP contribution in [0, 0.1) is 0 Å². The molecule has 0 aliphatic carbocycles. The highest BCUT2D eigenvalue weighted by Crippen LogP contribution is 2.31. The molecule has 19 heavy (non-hydrogen) atoms. The van der Waals surface area contributed by atoms with Gasteiger partial charge < -0.3 is 10.6 Å². The van der Waals surface area contributed by atoms with Crippen molar-refractivity contribution in [2.45, 2.75) is 18.9 Å². The highest BCUT2D eigenvalue weighted by molar-refractivity contribution is 7.21. The first-order valence-electron chi connectivity index (χ1n) is 6.44. The minimum absolute atomic E-state index is 0.00552. The molecule has 1 amide bonds. The normalized spacial score (nSPS) is 19.5. The second-order valence-electron chi connectivity index (χ2n) is 4.79. The lowest BCUT2D eigenvalue weighted by molar-refractivity contribution is 0.0935. The Kier molecular flexibility index (Phi) is 3.73. The maximum Gasteiger partial charge on any atom is 0.261 e. The molecule has 1 unspecified atom stereocenters. The summed E-state index contributed by atoms with van der Waals surface area (Å²) >= 11 is 7.59. The molecule has 3 rings (SSSR count). The summed E-state index contributed by atoms with van der Waals surface area (Å²) in [6.07, 6.45) is 2.16. The van der Waals surface area contributed by atoms with Gasteiger partial charge >= 0.3 is 0 Å². The number of nitrogens with one attached hydrogen (secondary N) is 2. The number of amides is 1. The third kappa shape index (κ3) is 2.76. The molecule has 0 radical (unpaired) electrons. The molecule has 0 bridgehead atoms. The lowest BCUT2D eigenvalue weighted by Gasteiger charge is -2.23. The van der Waals surface area contributed by atoms with Gasteiger partial charge in [0.25, 0.3) is 5.91 Å². The van der Waals surface area contributed by atoms with E-state index in [-0.39, 0.29) is 11.9 Å². The number of rotatable bonds is 2. The zero-order valence-electron chi connectivity index (χ0n) is 10.4. The standard InChI is InChI=1S/C14H15ClN2OS/c15-11-5-1-3-9-7-12(19-13(9)11)14(18)17-10-4-2-6-16-8-10/h1,3,5,7,10,16H,2,4,6,8H2,(H,17,18). The molecule has 1 aromatic carbocycles. The molecule has 0 saturated carbocycles. The summed E-state index contributed by atoms with van der Waals surface area (Å²) in [5.41, 5.74) is 0.